The number of aromatic amines is 1. The van der Waals surface area contributed by atoms with Crippen LogP contribution in [0, 0.1) is 5.82 Å². The first kappa shape index (κ1) is 10.2. The molecule has 5 heteroatoms. The fourth-order valence-corrected chi connectivity index (χ4v) is 1.86. The summed E-state index contributed by atoms with van der Waals surface area (Å²) in [5, 5.41) is 0.508. The Morgan fingerprint density at radius 3 is 2.93 bits per heavy atom. The predicted molar refractivity (Wildman–Crippen MR) is 57.3 cm³/mol. The average Bonchev–Trinajstić information content (AvgIpc) is 2.60. The molecule has 0 aliphatic heterocycles. The van der Waals surface area contributed by atoms with E-state index in [0.717, 1.165) is 0 Å². The van der Waals surface area contributed by atoms with Gasteiger partial charge < -0.3 is 9.72 Å². The minimum absolute atomic E-state index is 0.304. The molecule has 1 aromatic carbocycles. The number of fused-ring (bicyclic) bond motifs is 1. The summed E-state index contributed by atoms with van der Waals surface area (Å²) in [6.45, 7) is 0. The van der Waals surface area contributed by atoms with Crippen molar-refractivity contribution in [3.05, 3.63) is 34.2 Å². The van der Waals surface area contributed by atoms with Gasteiger partial charge >= 0.3 is 5.97 Å². The third-order valence-corrected chi connectivity index (χ3v) is 2.57. The Balaban J connectivity index is 2.74. The molecule has 1 heterocycles. The average molecular weight is 272 g/mol. The minimum atomic E-state index is -0.487. The molecule has 3 nitrogen and oxygen atoms in total. The molecule has 0 saturated heterocycles. The number of hydrogen-bond acceptors (Lipinski definition) is 2. The van der Waals surface area contributed by atoms with Crippen LogP contribution in [0.25, 0.3) is 10.9 Å². The first-order valence-electron chi connectivity index (χ1n) is 4.18. The number of halogens is 2. The highest BCUT2D eigenvalue weighted by molar-refractivity contribution is 9.10. The quantitative estimate of drug-likeness (QED) is 0.811. The Kier molecular flexibility index (Phi) is 2.48. The second kappa shape index (κ2) is 3.66. The zero-order chi connectivity index (χ0) is 11.0. The Morgan fingerprint density at radius 2 is 2.27 bits per heavy atom. The van der Waals surface area contributed by atoms with Gasteiger partial charge in [0.25, 0.3) is 0 Å². The summed E-state index contributed by atoms with van der Waals surface area (Å²) in [4.78, 5) is 14.0. The SMILES string of the molecule is COC(=O)c1c[nH]c2c(F)cc(Br)cc12. The molecular weight excluding hydrogens is 265 g/mol. The maximum absolute atomic E-state index is 13.4. The molecule has 0 unspecified atom stereocenters. The van der Waals surface area contributed by atoms with Crippen molar-refractivity contribution in [1.29, 1.82) is 0 Å². The first-order chi connectivity index (χ1) is 7.13. The zero-order valence-corrected chi connectivity index (χ0v) is 9.39. The normalized spacial score (nSPS) is 10.6. The van der Waals surface area contributed by atoms with Crippen molar-refractivity contribution in [1.82, 2.24) is 4.98 Å². The van der Waals surface area contributed by atoms with E-state index < -0.39 is 11.8 Å². The largest absolute Gasteiger partial charge is 0.465 e. The topological polar surface area (TPSA) is 42.1 Å². The molecule has 0 bridgehead atoms. The minimum Gasteiger partial charge on any atom is -0.465 e. The number of aromatic nitrogens is 1. The number of ether oxygens (including phenoxy) is 1. The van der Waals surface area contributed by atoms with E-state index >= 15 is 0 Å². The third kappa shape index (κ3) is 1.63. The lowest BCUT2D eigenvalue weighted by molar-refractivity contribution is 0.0603. The number of rotatable bonds is 1. The van der Waals surface area contributed by atoms with Gasteiger partial charge in [-0.15, -0.1) is 0 Å². The second-order valence-electron chi connectivity index (χ2n) is 3.00. The van der Waals surface area contributed by atoms with E-state index in [1.165, 1.54) is 19.4 Å². The zero-order valence-electron chi connectivity index (χ0n) is 7.80. The van der Waals surface area contributed by atoms with E-state index in [-0.39, 0.29) is 0 Å². The van der Waals surface area contributed by atoms with Crippen molar-refractivity contribution >= 4 is 32.8 Å². The molecule has 0 atom stereocenters. The molecule has 15 heavy (non-hydrogen) atoms. The maximum atomic E-state index is 13.4. The van der Waals surface area contributed by atoms with Crippen LogP contribution in [0.1, 0.15) is 10.4 Å². The van der Waals surface area contributed by atoms with Gasteiger partial charge in [-0.2, -0.15) is 0 Å². The highest BCUT2D eigenvalue weighted by Crippen LogP contribution is 2.25. The summed E-state index contributed by atoms with van der Waals surface area (Å²) in [7, 11) is 1.29. The van der Waals surface area contributed by atoms with Crippen molar-refractivity contribution in [2.45, 2.75) is 0 Å². The van der Waals surface area contributed by atoms with E-state index in [0.29, 0.717) is 20.9 Å². The van der Waals surface area contributed by atoms with Crippen molar-refractivity contribution in [3.8, 4) is 0 Å². The van der Waals surface area contributed by atoms with E-state index in [9.17, 15) is 9.18 Å². The van der Waals surface area contributed by atoms with Crippen LogP contribution in [0.5, 0.6) is 0 Å². The van der Waals surface area contributed by atoms with Gasteiger partial charge in [-0.3, -0.25) is 0 Å². The van der Waals surface area contributed by atoms with E-state index in [2.05, 4.69) is 25.7 Å². The van der Waals surface area contributed by atoms with Crippen molar-refractivity contribution in [2.24, 2.45) is 0 Å². The van der Waals surface area contributed by atoms with E-state index in [4.69, 9.17) is 0 Å². The van der Waals surface area contributed by atoms with Gasteiger partial charge in [-0.1, -0.05) is 15.9 Å². The molecule has 0 saturated carbocycles. The van der Waals surface area contributed by atoms with Crippen molar-refractivity contribution < 1.29 is 13.9 Å². The number of nitrogens with one attached hydrogen (secondary N) is 1. The molecule has 2 rings (SSSR count). The molecular formula is C10H7BrFNO2. The number of hydrogen-bond donors (Lipinski definition) is 1. The molecule has 78 valence electrons. The third-order valence-electron chi connectivity index (χ3n) is 2.11. The predicted octanol–water partition coefficient (Wildman–Crippen LogP) is 2.86. The van der Waals surface area contributed by atoms with Crippen LogP contribution in [-0.2, 0) is 4.74 Å². The van der Waals surface area contributed by atoms with Crippen molar-refractivity contribution in [3.63, 3.8) is 0 Å². The van der Waals surface area contributed by atoms with Gasteiger partial charge in [0.15, 0.2) is 0 Å². The lowest BCUT2D eigenvalue weighted by Gasteiger charge is -1.98. The summed E-state index contributed by atoms with van der Waals surface area (Å²) >= 11 is 3.17. The second-order valence-corrected chi connectivity index (χ2v) is 3.92. The molecule has 0 fully saturated rings. The summed E-state index contributed by atoms with van der Waals surface area (Å²) in [5.74, 6) is -0.895. The van der Waals surface area contributed by atoms with Gasteiger partial charge in [0.05, 0.1) is 18.2 Å². The van der Waals surface area contributed by atoms with Gasteiger partial charge in [0, 0.05) is 16.1 Å². The summed E-state index contributed by atoms with van der Waals surface area (Å²) in [6.07, 6.45) is 1.44. The monoisotopic (exact) mass is 271 g/mol. The standard InChI is InChI=1S/C10H7BrFNO2/c1-15-10(14)7-4-13-9-6(7)2-5(11)3-8(9)12/h2-4,13H,1H3. The van der Waals surface area contributed by atoms with Crippen LogP contribution >= 0.6 is 15.9 Å². The summed E-state index contributed by atoms with van der Waals surface area (Å²) < 4.78 is 18.6. The van der Waals surface area contributed by atoms with Crippen LogP contribution in [0.2, 0.25) is 0 Å². The summed E-state index contributed by atoms with van der Waals surface area (Å²) in [5.41, 5.74) is 0.631. The molecule has 0 amide bonds. The van der Waals surface area contributed by atoms with Gasteiger partial charge in [-0.25, -0.2) is 9.18 Å². The number of carbonyl (C=O) groups excluding carboxylic acids is 1. The van der Waals surface area contributed by atoms with Crippen LogP contribution in [0.15, 0.2) is 22.8 Å². The molecule has 0 radical (unpaired) electrons. The van der Waals surface area contributed by atoms with E-state index in [1.807, 2.05) is 0 Å². The van der Waals surface area contributed by atoms with Crippen LogP contribution in [0.4, 0.5) is 4.39 Å². The smallest absolute Gasteiger partial charge is 0.340 e. The van der Waals surface area contributed by atoms with Crippen LogP contribution < -0.4 is 0 Å². The number of carbonyl (C=O) groups is 1. The van der Waals surface area contributed by atoms with Crippen LogP contribution in [0.3, 0.4) is 0 Å². The molecule has 1 N–H and O–H groups in total. The lowest BCUT2D eigenvalue weighted by Crippen LogP contribution is -1.99. The Labute approximate surface area is 93.4 Å². The maximum Gasteiger partial charge on any atom is 0.340 e. The number of benzene rings is 1. The molecule has 0 aliphatic rings. The Bertz CT molecular complexity index is 535. The number of methoxy groups -OCH3 is 1. The van der Waals surface area contributed by atoms with Gasteiger partial charge in [0.2, 0.25) is 0 Å². The van der Waals surface area contributed by atoms with Crippen LogP contribution in [-0.4, -0.2) is 18.1 Å². The molecule has 0 aliphatic carbocycles. The van der Waals surface area contributed by atoms with Gasteiger partial charge in [-0.05, 0) is 12.1 Å². The number of H-pyrrole nitrogens is 1. The highest BCUT2D eigenvalue weighted by Gasteiger charge is 2.14. The fraction of sp³-hybridized carbons (Fsp3) is 0.100. The highest BCUT2D eigenvalue weighted by atomic mass is 79.9. The summed E-state index contributed by atoms with van der Waals surface area (Å²) in [6, 6.07) is 3.00. The molecule has 1 aromatic heterocycles. The fourth-order valence-electron chi connectivity index (χ4n) is 1.43. The molecule has 0 spiro atoms. The Morgan fingerprint density at radius 1 is 1.53 bits per heavy atom. The molecule has 2 aromatic rings. The lowest BCUT2D eigenvalue weighted by atomic mass is 10.2. The van der Waals surface area contributed by atoms with E-state index in [1.54, 1.807) is 6.07 Å². The number of esters is 1. The van der Waals surface area contributed by atoms with Gasteiger partial charge in [0.1, 0.15) is 5.82 Å². The Hall–Kier alpha value is -1.36. The first-order valence-corrected chi connectivity index (χ1v) is 4.97. The van der Waals surface area contributed by atoms with Crippen molar-refractivity contribution in [2.75, 3.05) is 7.11 Å².